The smallest absolute Gasteiger partial charge is 0.221 e. The minimum atomic E-state index is 0.206. The minimum absolute atomic E-state index is 0.206. The monoisotopic (exact) mass is 375 g/mol. The number of hydrogen-bond donors (Lipinski definition) is 2. The number of nitrogen functional groups attached to an aromatic ring is 1. The molecule has 4 aromatic rings. The summed E-state index contributed by atoms with van der Waals surface area (Å²) in [5.41, 5.74) is 9.21. The number of aromatic amines is 1. The van der Waals surface area contributed by atoms with Crippen LogP contribution in [0.4, 0.5) is 5.95 Å². The van der Waals surface area contributed by atoms with E-state index in [1.165, 1.54) is 11.3 Å². The molecule has 0 radical (unpaired) electrons. The molecule has 0 aliphatic heterocycles. The predicted octanol–water partition coefficient (Wildman–Crippen LogP) is 4.95. The van der Waals surface area contributed by atoms with Gasteiger partial charge in [-0.2, -0.15) is 5.10 Å². The molecule has 3 aromatic heterocycles. The molecule has 0 amide bonds. The first-order chi connectivity index (χ1) is 11.5. The van der Waals surface area contributed by atoms with E-state index in [1.54, 1.807) is 12.1 Å². The highest BCUT2D eigenvalue weighted by Crippen LogP contribution is 2.39. The number of aryl methyl sites for hydroxylation is 1. The molecule has 0 saturated carbocycles. The van der Waals surface area contributed by atoms with Gasteiger partial charge in [-0.1, -0.05) is 23.2 Å². The number of fused-ring (bicyclic) bond motifs is 1. The van der Waals surface area contributed by atoms with Crippen LogP contribution in [0.5, 0.6) is 0 Å². The Hall–Kier alpha value is -2.15. The number of rotatable bonds is 2. The highest BCUT2D eigenvalue weighted by Gasteiger charge is 2.16. The first kappa shape index (κ1) is 15.4. The predicted molar refractivity (Wildman–Crippen MR) is 99.6 cm³/mol. The quantitative estimate of drug-likeness (QED) is 0.519. The van der Waals surface area contributed by atoms with Crippen LogP contribution in [0.2, 0.25) is 10.0 Å². The molecule has 0 atom stereocenters. The van der Waals surface area contributed by atoms with Crippen LogP contribution in [0.25, 0.3) is 32.0 Å². The van der Waals surface area contributed by atoms with Crippen LogP contribution < -0.4 is 5.73 Å². The number of benzene rings is 1. The number of H-pyrrole nitrogens is 1. The second kappa shape index (κ2) is 5.73. The van der Waals surface area contributed by atoms with Crippen LogP contribution in [-0.4, -0.2) is 20.2 Å². The van der Waals surface area contributed by atoms with Crippen LogP contribution in [0.15, 0.2) is 30.3 Å². The maximum atomic E-state index is 6.35. The summed E-state index contributed by atoms with van der Waals surface area (Å²) in [4.78, 5) is 10.5. The average molecular weight is 376 g/mol. The fraction of sp³-hybridized carbons (Fsp3) is 0.0625. The van der Waals surface area contributed by atoms with Gasteiger partial charge in [-0.15, -0.1) is 11.3 Å². The van der Waals surface area contributed by atoms with Gasteiger partial charge in [0.1, 0.15) is 4.83 Å². The van der Waals surface area contributed by atoms with Crippen LogP contribution in [0, 0.1) is 6.92 Å². The van der Waals surface area contributed by atoms with Gasteiger partial charge < -0.3 is 5.73 Å². The van der Waals surface area contributed by atoms with E-state index in [0.717, 1.165) is 32.0 Å². The molecule has 0 saturated heterocycles. The van der Waals surface area contributed by atoms with Gasteiger partial charge in [0.25, 0.3) is 0 Å². The molecule has 24 heavy (non-hydrogen) atoms. The Morgan fingerprint density at radius 2 is 1.96 bits per heavy atom. The SMILES string of the molecule is Cc1cc(-c2cc3c(-c4ccc(Cl)cc4Cl)nc(N)nc3s2)[nH]n1. The molecule has 120 valence electrons. The first-order valence-electron chi connectivity index (χ1n) is 7.06. The van der Waals surface area contributed by atoms with E-state index in [4.69, 9.17) is 28.9 Å². The maximum absolute atomic E-state index is 6.35. The van der Waals surface area contributed by atoms with Crippen LogP contribution in [0.3, 0.4) is 0 Å². The molecule has 4 rings (SSSR count). The molecule has 5 nitrogen and oxygen atoms in total. The number of anilines is 1. The highest BCUT2D eigenvalue weighted by molar-refractivity contribution is 7.21. The van der Waals surface area contributed by atoms with Crippen LogP contribution in [-0.2, 0) is 0 Å². The van der Waals surface area contributed by atoms with E-state index in [-0.39, 0.29) is 5.95 Å². The molecule has 8 heteroatoms. The highest BCUT2D eigenvalue weighted by atomic mass is 35.5. The lowest BCUT2D eigenvalue weighted by Crippen LogP contribution is -1.96. The van der Waals surface area contributed by atoms with Crippen molar-refractivity contribution in [3.63, 3.8) is 0 Å². The number of halogens is 2. The van der Waals surface area contributed by atoms with Gasteiger partial charge in [0.05, 0.1) is 27.0 Å². The largest absolute Gasteiger partial charge is 0.368 e. The molecule has 0 aliphatic rings. The van der Waals surface area contributed by atoms with Crippen molar-refractivity contribution < 1.29 is 0 Å². The summed E-state index contributed by atoms with van der Waals surface area (Å²) in [7, 11) is 0. The number of hydrogen-bond acceptors (Lipinski definition) is 5. The zero-order chi connectivity index (χ0) is 16.8. The number of nitrogens with zero attached hydrogens (tertiary/aromatic N) is 3. The molecule has 3 N–H and O–H groups in total. The summed E-state index contributed by atoms with van der Waals surface area (Å²) in [5.74, 6) is 0.206. The summed E-state index contributed by atoms with van der Waals surface area (Å²) in [6.45, 7) is 1.93. The first-order valence-corrected chi connectivity index (χ1v) is 8.63. The Morgan fingerprint density at radius 1 is 1.12 bits per heavy atom. The summed E-state index contributed by atoms with van der Waals surface area (Å²) >= 11 is 13.9. The van der Waals surface area contributed by atoms with Crippen molar-refractivity contribution in [2.75, 3.05) is 5.73 Å². The van der Waals surface area contributed by atoms with E-state index in [2.05, 4.69) is 20.2 Å². The number of nitrogens with two attached hydrogens (primary N) is 1. The molecule has 0 bridgehead atoms. The Balaban J connectivity index is 1.96. The molecule has 3 heterocycles. The Labute approximate surface area is 151 Å². The van der Waals surface area contributed by atoms with Crippen molar-refractivity contribution in [2.45, 2.75) is 6.92 Å². The fourth-order valence-corrected chi connectivity index (χ4v) is 4.01. The number of aromatic nitrogens is 4. The van der Waals surface area contributed by atoms with E-state index in [1.807, 2.05) is 25.1 Å². The van der Waals surface area contributed by atoms with Crippen LogP contribution >= 0.6 is 34.5 Å². The van der Waals surface area contributed by atoms with Crippen molar-refractivity contribution in [2.24, 2.45) is 0 Å². The molecule has 0 fully saturated rings. The van der Waals surface area contributed by atoms with Gasteiger partial charge in [0.15, 0.2) is 0 Å². The standard InChI is InChI=1S/C16H11Cl2N5S/c1-7-4-12(23-22-7)13-6-10-14(20-16(19)21-15(10)24-13)9-3-2-8(17)5-11(9)18/h2-6H,1H3,(H,22,23)(H2,19,20,21). The lowest BCUT2D eigenvalue weighted by atomic mass is 10.1. The second-order valence-corrected chi connectivity index (χ2v) is 7.18. The Bertz CT molecular complexity index is 1070. The number of nitrogens with one attached hydrogen (secondary N) is 1. The molecule has 0 spiro atoms. The third kappa shape index (κ3) is 2.62. The zero-order valence-corrected chi connectivity index (χ0v) is 14.8. The molecular formula is C16H11Cl2N5S. The third-order valence-electron chi connectivity index (χ3n) is 3.57. The summed E-state index contributed by atoms with van der Waals surface area (Å²) < 4.78 is 0. The average Bonchev–Trinajstić information content (AvgIpc) is 3.12. The van der Waals surface area contributed by atoms with Gasteiger partial charge in [0, 0.05) is 16.0 Å². The van der Waals surface area contributed by atoms with Crippen LogP contribution in [0.1, 0.15) is 5.69 Å². The van der Waals surface area contributed by atoms with E-state index < -0.39 is 0 Å². The van der Waals surface area contributed by atoms with Crippen molar-refractivity contribution in [1.29, 1.82) is 0 Å². The lowest BCUT2D eigenvalue weighted by Gasteiger charge is -2.06. The maximum Gasteiger partial charge on any atom is 0.221 e. The summed E-state index contributed by atoms with van der Waals surface area (Å²) in [5, 5.41) is 9.16. The normalized spacial score (nSPS) is 11.3. The van der Waals surface area contributed by atoms with E-state index >= 15 is 0 Å². The fourth-order valence-electron chi connectivity index (χ4n) is 2.51. The van der Waals surface area contributed by atoms with E-state index in [0.29, 0.717) is 15.7 Å². The second-order valence-electron chi connectivity index (χ2n) is 5.31. The lowest BCUT2D eigenvalue weighted by molar-refractivity contribution is 1.05. The zero-order valence-electron chi connectivity index (χ0n) is 12.5. The molecular weight excluding hydrogens is 365 g/mol. The molecule has 1 aromatic carbocycles. The van der Waals surface area contributed by atoms with Gasteiger partial charge in [0.2, 0.25) is 5.95 Å². The summed E-state index contributed by atoms with van der Waals surface area (Å²) in [6.07, 6.45) is 0. The molecule has 0 aliphatic carbocycles. The van der Waals surface area contributed by atoms with Crippen molar-refractivity contribution in [3.05, 3.63) is 46.1 Å². The topological polar surface area (TPSA) is 80.5 Å². The Kier molecular flexibility index (Phi) is 3.68. The van der Waals surface area contributed by atoms with Gasteiger partial charge in [-0.25, -0.2) is 9.97 Å². The van der Waals surface area contributed by atoms with Gasteiger partial charge in [-0.05, 0) is 37.3 Å². The van der Waals surface area contributed by atoms with Crippen molar-refractivity contribution in [1.82, 2.24) is 20.2 Å². The van der Waals surface area contributed by atoms with Gasteiger partial charge in [-0.3, -0.25) is 5.10 Å². The van der Waals surface area contributed by atoms with Crippen molar-refractivity contribution in [3.8, 4) is 21.8 Å². The Morgan fingerprint density at radius 3 is 2.67 bits per heavy atom. The van der Waals surface area contributed by atoms with E-state index in [9.17, 15) is 0 Å². The molecule has 0 unspecified atom stereocenters. The van der Waals surface area contributed by atoms with Crippen molar-refractivity contribution >= 4 is 50.7 Å². The summed E-state index contributed by atoms with van der Waals surface area (Å²) in [6, 6.07) is 9.30. The van der Waals surface area contributed by atoms with Gasteiger partial charge >= 0.3 is 0 Å². The minimum Gasteiger partial charge on any atom is -0.368 e. The number of thiophene rings is 1. The third-order valence-corrected chi connectivity index (χ3v) is 5.18.